The Balaban J connectivity index is 2.15. The predicted octanol–water partition coefficient (Wildman–Crippen LogP) is 5.43. The van der Waals surface area contributed by atoms with E-state index < -0.39 is 0 Å². The summed E-state index contributed by atoms with van der Waals surface area (Å²) in [5.74, 6) is 0.674. The van der Waals surface area contributed by atoms with E-state index in [1.165, 1.54) is 16.7 Å². The van der Waals surface area contributed by atoms with Gasteiger partial charge in [0.1, 0.15) is 0 Å². The first-order valence-corrected chi connectivity index (χ1v) is 7.94. The van der Waals surface area contributed by atoms with Crippen LogP contribution >= 0.6 is 0 Å². The first-order chi connectivity index (χ1) is 10.1. The fourth-order valence-electron chi connectivity index (χ4n) is 2.79. The van der Waals surface area contributed by atoms with E-state index in [4.69, 9.17) is 0 Å². The summed E-state index contributed by atoms with van der Waals surface area (Å²) in [6, 6.07) is 20.3. The summed E-state index contributed by atoms with van der Waals surface area (Å²) in [5, 5.41) is 3.81. The molecule has 2 rings (SSSR count). The van der Waals surface area contributed by atoms with Crippen LogP contribution in [0, 0.1) is 12.8 Å². The van der Waals surface area contributed by atoms with Crippen molar-refractivity contribution in [2.45, 2.75) is 46.2 Å². The maximum absolute atomic E-state index is 3.81. The lowest BCUT2D eigenvalue weighted by atomic mass is 9.95. The standard InChI is InChI=1S/C20H27N/c1-15(2)13-20(18-10-6-5-7-11-18)21-17(4)19-12-8-9-16(3)14-19/h5-12,14-15,17,20-21H,13H2,1-4H3/t17-,20?/m1/s1. The van der Waals surface area contributed by atoms with Crippen LogP contribution in [0.5, 0.6) is 0 Å². The lowest BCUT2D eigenvalue weighted by Crippen LogP contribution is -2.26. The average molecular weight is 281 g/mol. The van der Waals surface area contributed by atoms with Gasteiger partial charge in [-0.15, -0.1) is 0 Å². The van der Waals surface area contributed by atoms with Crippen LogP contribution in [0.25, 0.3) is 0 Å². The second kappa shape index (κ2) is 7.42. The van der Waals surface area contributed by atoms with Crippen molar-refractivity contribution in [3.05, 3.63) is 71.3 Å². The number of benzene rings is 2. The Morgan fingerprint density at radius 3 is 2.14 bits per heavy atom. The third-order valence-electron chi connectivity index (χ3n) is 3.90. The van der Waals surface area contributed by atoms with Crippen molar-refractivity contribution in [1.29, 1.82) is 0 Å². The van der Waals surface area contributed by atoms with Crippen molar-refractivity contribution in [3.63, 3.8) is 0 Å². The van der Waals surface area contributed by atoms with Gasteiger partial charge in [-0.05, 0) is 37.3 Å². The number of nitrogens with one attached hydrogen (secondary N) is 1. The molecule has 0 aromatic heterocycles. The molecule has 0 saturated carbocycles. The number of hydrogen-bond donors (Lipinski definition) is 1. The second-order valence-corrected chi connectivity index (χ2v) is 6.40. The minimum Gasteiger partial charge on any atom is -0.303 e. The van der Waals surface area contributed by atoms with Crippen LogP contribution < -0.4 is 5.32 Å². The molecule has 0 radical (unpaired) electrons. The van der Waals surface area contributed by atoms with Gasteiger partial charge in [-0.3, -0.25) is 0 Å². The lowest BCUT2D eigenvalue weighted by molar-refractivity contribution is 0.394. The topological polar surface area (TPSA) is 12.0 Å². The highest BCUT2D eigenvalue weighted by Gasteiger charge is 2.16. The molecule has 0 aliphatic carbocycles. The first kappa shape index (κ1) is 15.8. The van der Waals surface area contributed by atoms with Gasteiger partial charge in [0.05, 0.1) is 0 Å². The summed E-state index contributed by atoms with van der Waals surface area (Å²) >= 11 is 0. The van der Waals surface area contributed by atoms with Gasteiger partial charge in [-0.2, -0.15) is 0 Å². The van der Waals surface area contributed by atoms with Crippen molar-refractivity contribution in [2.24, 2.45) is 5.92 Å². The van der Waals surface area contributed by atoms with E-state index in [9.17, 15) is 0 Å². The van der Waals surface area contributed by atoms with Crippen LogP contribution in [0.2, 0.25) is 0 Å². The summed E-state index contributed by atoms with van der Waals surface area (Å²) < 4.78 is 0. The summed E-state index contributed by atoms with van der Waals surface area (Å²) in [5.41, 5.74) is 4.06. The van der Waals surface area contributed by atoms with E-state index in [1.807, 2.05) is 0 Å². The summed E-state index contributed by atoms with van der Waals surface area (Å²) in [6.45, 7) is 8.98. The zero-order valence-electron chi connectivity index (χ0n) is 13.6. The molecular weight excluding hydrogens is 254 g/mol. The van der Waals surface area contributed by atoms with Crippen LogP contribution in [0.15, 0.2) is 54.6 Å². The Morgan fingerprint density at radius 1 is 0.857 bits per heavy atom. The van der Waals surface area contributed by atoms with Crippen LogP contribution in [-0.2, 0) is 0 Å². The zero-order chi connectivity index (χ0) is 15.2. The van der Waals surface area contributed by atoms with Crippen molar-refractivity contribution >= 4 is 0 Å². The molecule has 21 heavy (non-hydrogen) atoms. The smallest absolute Gasteiger partial charge is 0.0328 e. The molecule has 1 nitrogen and oxygen atoms in total. The molecule has 0 aliphatic heterocycles. The molecule has 1 N–H and O–H groups in total. The van der Waals surface area contributed by atoms with E-state index >= 15 is 0 Å². The Labute approximate surface area is 129 Å². The minimum atomic E-state index is 0.355. The Morgan fingerprint density at radius 2 is 1.52 bits per heavy atom. The Kier molecular flexibility index (Phi) is 5.58. The highest BCUT2D eigenvalue weighted by Crippen LogP contribution is 2.25. The van der Waals surface area contributed by atoms with Crippen molar-refractivity contribution in [1.82, 2.24) is 5.32 Å². The molecule has 0 amide bonds. The van der Waals surface area contributed by atoms with Gasteiger partial charge in [-0.25, -0.2) is 0 Å². The van der Waals surface area contributed by atoms with E-state index in [-0.39, 0.29) is 0 Å². The molecular formula is C20H27N. The zero-order valence-corrected chi connectivity index (χ0v) is 13.6. The maximum atomic E-state index is 3.81. The fourth-order valence-corrected chi connectivity index (χ4v) is 2.79. The lowest BCUT2D eigenvalue weighted by Gasteiger charge is -2.26. The second-order valence-electron chi connectivity index (χ2n) is 6.40. The quantitative estimate of drug-likeness (QED) is 0.744. The first-order valence-electron chi connectivity index (χ1n) is 7.94. The molecule has 1 heteroatoms. The van der Waals surface area contributed by atoms with Gasteiger partial charge in [0.2, 0.25) is 0 Å². The largest absolute Gasteiger partial charge is 0.303 e. The molecule has 2 aromatic carbocycles. The van der Waals surface area contributed by atoms with E-state index in [2.05, 4.69) is 87.6 Å². The number of aryl methyl sites for hydroxylation is 1. The maximum Gasteiger partial charge on any atom is 0.0328 e. The highest BCUT2D eigenvalue weighted by atomic mass is 14.9. The van der Waals surface area contributed by atoms with Crippen LogP contribution in [0.4, 0.5) is 0 Å². The van der Waals surface area contributed by atoms with Gasteiger partial charge in [0.15, 0.2) is 0 Å². The third kappa shape index (κ3) is 4.71. The Hall–Kier alpha value is -1.60. The van der Waals surface area contributed by atoms with Crippen molar-refractivity contribution in [3.8, 4) is 0 Å². The highest BCUT2D eigenvalue weighted by molar-refractivity contribution is 5.26. The fraction of sp³-hybridized carbons (Fsp3) is 0.400. The molecule has 112 valence electrons. The molecule has 0 heterocycles. The van der Waals surface area contributed by atoms with Crippen LogP contribution in [0.3, 0.4) is 0 Å². The van der Waals surface area contributed by atoms with Crippen molar-refractivity contribution < 1.29 is 0 Å². The van der Waals surface area contributed by atoms with Crippen molar-refractivity contribution in [2.75, 3.05) is 0 Å². The molecule has 0 saturated heterocycles. The number of hydrogen-bond acceptors (Lipinski definition) is 1. The molecule has 2 atom stereocenters. The minimum absolute atomic E-state index is 0.355. The average Bonchev–Trinajstić information content (AvgIpc) is 2.47. The van der Waals surface area contributed by atoms with Gasteiger partial charge in [0, 0.05) is 12.1 Å². The third-order valence-corrected chi connectivity index (χ3v) is 3.90. The van der Waals surface area contributed by atoms with Gasteiger partial charge < -0.3 is 5.32 Å². The van der Waals surface area contributed by atoms with Gasteiger partial charge in [-0.1, -0.05) is 74.0 Å². The van der Waals surface area contributed by atoms with Crippen LogP contribution in [0.1, 0.15) is 56.0 Å². The van der Waals surface area contributed by atoms with Gasteiger partial charge in [0.25, 0.3) is 0 Å². The monoisotopic (exact) mass is 281 g/mol. The van der Waals surface area contributed by atoms with E-state index in [1.54, 1.807) is 0 Å². The van der Waals surface area contributed by atoms with Crippen LogP contribution in [-0.4, -0.2) is 0 Å². The molecule has 0 aliphatic rings. The van der Waals surface area contributed by atoms with Gasteiger partial charge >= 0.3 is 0 Å². The molecule has 0 bridgehead atoms. The Bertz CT molecular complexity index is 545. The van der Waals surface area contributed by atoms with E-state index in [0.29, 0.717) is 18.0 Å². The molecule has 0 fully saturated rings. The number of rotatable bonds is 6. The molecule has 2 aromatic rings. The summed E-state index contributed by atoms with van der Waals surface area (Å²) in [4.78, 5) is 0. The molecule has 0 spiro atoms. The summed E-state index contributed by atoms with van der Waals surface area (Å²) in [7, 11) is 0. The SMILES string of the molecule is Cc1cccc([C@@H](C)NC(CC(C)C)c2ccccc2)c1. The normalized spacial score (nSPS) is 14.1. The summed E-state index contributed by atoms with van der Waals surface area (Å²) in [6.07, 6.45) is 1.15. The molecule has 1 unspecified atom stereocenters. The predicted molar refractivity (Wildman–Crippen MR) is 91.4 cm³/mol. The van der Waals surface area contributed by atoms with E-state index in [0.717, 1.165) is 6.42 Å².